The van der Waals surface area contributed by atoms with Crippen molar-refractivity contribution in [1.29, 1.82) is 0 Å². The molecule has 1 unspecified atom stereocenters. The van der Waals surface area contributed by atoms with Crippen LogP contribution < -0.4 is 0 Å². The number of hydrogen-bond acceptors (Lipinski definition) is 3. The minimum absolute atomic E-state index is 0.0790. The van der Waals surface area contributed by atoms with Gasteiger partial charge in [0.1, 0.15) is 6.61 Å². The van der Waals surface area contributed by atoms with E-state index in [0.717, 1.165) is 12.0 Å². The monoisotopic (exact) mass is 313 g/mol. The zero-order valence-corrected chi connectivity index (χ0v) is 13.7. The lowest BCUT2D eigenvalue weighted by Gasteiger charge is -2.30. The van der Waals surface area contributed by atoms with Crippen LogP contribution in [0.4, 0.5) is 4.79 Å². The molecule has 4 nitrogen and oxygen atoms in total. The number of rotatable bonds is 3. The molecule has 3 atom stereocenters. The van der Waals surface area contributed by atoms with Gasteiger partial charge in [-0.2, -0.15) is 0 Å². The van der Waals surface area contributed by atoms with E-state index in [1.54, 1.807) is 0 Å². The summed E-state index contributed by atoms with van der Waals surface area (Å²) in [4.78, 5) is 26.4. The van der Waals surface area contributed by atoms with Gasteiger partial charge in [-0.25, -0.2) is 9.69 Å². The number of imide groups is 1. The highest BCUT2D eigenvalue weighted by Gasteiger charge is 2.42. The van der Waals surface area contributed by atoms with Crippen molar-refractivity contribution in [3.63, 3.8) is 0 Å². The first-order valence-corrected chi connectivity index (χ1v) is 8.25. The van der Waals surface area contributed by atoms with Crippen molar-refractivity contribution >= 4 is 12.0 Å². The second kappa shape index (κ2) is 6.57. The maximum Gasteiger partial charge on any atom is 0.416 e. The molecule has 0 N–H and O–H groups in total. The topological polar surface area (TPSA) is 46.6 Å². The summed E-state index contributed by atoms with van der Waals surface area (Å²) in [6.45, 7) is 4.47. The highest BCUT2D eigenvalue weighted by molar-refractivity contribution is 5.95. The Morgan fingerprint density at radius 2 is 2.04 bits per heavy atom. The maximum absolute atomic E-state index is 12.9. The quantitative estimate of drug-likeness (QED) is 0.802. The number of cyclic esters (lactones) is 1. The van der Waals surface area contributed by atoms with Crippen LogP contribution in [-0.2, 0) is 16.0 Å². The van der Waals surface area contributed by atoms with Crippen LogP contribution in [0.2, 0.25) is 0 Å². The van der Waals surface area contributed by atoms with Gasteiger partial charge in [0.05, 0.1) is 6.04 Å². The number of ether oxygens (including phenoxy) is 1. The Hall–Kier alpha value is -2.10. The molecule has 1 fully saturated rings. The van der Waals surface area contributed by atoms with Gasteiger partial charge in [-0.3, -0.25) is 4.79 Å². The van der Waals surface area contributed by atoms with Crippen LogP contribution in [-0.4, -0.2) is 29.5 Å². The lowest BCUT2D eigenvalue weighted by molar-refractivity contribution is -0.135. The summed E-state index contributed by atoms with van der Waals surface area (Å²) in [7, 11) is 0. The Bertz CT molecular complexity index is 623. The molecule has 0 radical (unpaired) electrons. The van der Waals surface area contributed by atoms with Gasteiger partial charge in [-0.15, -0.1) is 0 Å². The minimum atomic E-state index is -0.491. The number of nitrogens with zero attached hydrogens (tertiary/aromatic N) is 1. The maximum atomic E-state index is 12.9. The summed E-state index contributed by atoms with van der Waals surface area (Å²) in [5, 5.41) is 0. The summed E-state index contributed by atoms with van der Waals surface area (Å²) in [5.74, 6) is 0.0607. The molecule has 0 saturated carbocycles. The number of carbonyl (C=O) groups is 2. The molecule has 23 heavy (non-hydrogen) atoms. The van der Waals surface area contributed by atoms with Crippen LogP contribution in [0, 0.1) is 11.8 Å². The number of carbonyl (C=O) groups excluding carboxylic acids is 2. The summed E-state index contributed by atoms with van der Waals surface area (Å²) < 4.78 is 5.17. The van der Waals surface area contributed by atoms with Crippen LogP contribution >= 0.6 is 0 Å². The van der Waals surface area contributed by atoms with Crippen molar-refractivity contribution in [3.8, 4) is 0 Å². The first-order chi connectivity index (χ1) is 11.1. The lowest BCUT2D eigenvalue weighted by atomic mass is 9.80. The zero-order valence-electron chi connectivity index (χ0n) is 13.7. The number of hydrogen-bond donors (Lipinski definition) is 0. The SMILES string of the molecule is CC1=CCC(C(=O)N2C(=O)OC[C@@H]2Cc2ccccc2)[C@@H](C)C1. The Labute approximate surface area is 137 Å². The largest absolute Gasteiger partial charge is 0.447 e. The molecule has 2 amide bonds. The molecule has 3 rings (SSSR count). The zero-order chi connectivity index (χ0) is 16.4. The smallest absolute Gasteiger partial charge is 0.416 e. The fraction of sp³-hybridized carbons (Fsp3) is 0.474. The van der Waals surface area contributed by atoms with Crippen molar-refractivity contribution in [2.45, 2.75) is 39.2 Å². The average molecular weight is 313 g/mol. The minimum Gasteiger partial charge on any atom is -0.447 e. The van der Waals surface area contributed by atoms with Crippen LogP contribution in [0.15, 0.2) is 42.0 Å². The molecule has 1 aromatic rings. The van der Waals surface area contributed by atoms with Gasteiger partial charge in [0.25, 0.3) is 0 Å². The molecule has 1 saturated heterocycles. The predicted octanol–water partition coefficient (Wildman–Crippen LogP) is 3.57. The summed E-state index contributed by atoms with van der Waals surface area (Å²) >= 11 is 0. The standard InChI is InChI=1S/C19H23NO3/c1-13-8-9-17(14(2)10-13)18(21)20-16(12-23-19(20)22)11-15-6-4-3-5-7-15/h3-8,14,16-17H,9-12H2,1-2H3/t14-,16-,17?/m0/s1. The second-order valence-electron chi connectivity index (χ2n) is 6.70. The first kappa shape index (κ1) is 15.8. The van der Waals surface area contributed by atoms with Crippen LogP contribution in [0.3, 0.4) is 0 Å². The number of benzene rings is 1. The fourth-order valence-electron chi connectivity index (χ4n) is 3.58. The van der Waals surface area contributed by atoms with E-state index in [2.05, 4.69) is 19.9 Å². The molecule has 0 bridgehead atoms. The van der Waals surface area contributed by atoms with Crippen molar-refractivity contribution in [2.24, 2.45) is 11.8 Å². The molecule has 0 aromatic heterocycles. The molecule has 0 spiro atoms. The van der Waals surface area contributed by atoms with E-state index in [4.69, 9.17) is 4.74 Å². The molecule has 1 aliphatic heterocycles. The van der Waals surface area contributed by atoms with Crippen molar-refractivity contribution in [1.82, 2.24) is 4.90 Å². The molecule has 1 aromatic carbocycles. The summed E-state index contributed by atoms with van der Waals surface area (Å²) in [5.41, 5.74) is 2.44. The third-order valence-corrected chi connectivity index (χ3v) is 4.88. The van der Waals surface area contributed by atoms with Gasteiger partial charge in [0.2, 0.25) is 5.91 Å². The van der Waals surface area contributed by atoms with E-state index < -0.39 is 6.09 Å². The van der Waals surface area contributed by atoms with Crippen molar-refractivity contribution in [3.05, 3.63) is 47.5 Å². The second-order valence-corrected chi connectivity index (χ2v) is 6.70. The first-order valence-electron chi connectivity index (χ1n) is 8.25. The van der Waals surface area contributed by atoms with Crippen LogP contribution in [0.5, 0.6) is 0 Å². The van der Waals surface area contributed by atoms with E-state index in [1.807, 2.05) is 30.3 Å². The third kappa shape index (κ3) is 3.31. The predicted molar refractivity (Wildman–Crippen MR) is 87.8 cm³/mol. The van der Waals surface area contributed by atoms with Crippen molar-refractivity contribution in [2.75, 3.05) is 6.61 Å². The molecule has 4 heteroatoms. The average Bonchev–Trinajstić information content (AvgIpc) is 2.88. The van der Waals surface area contributed by atoms with Gasteiger partial charge in [-0.1, -0.05) is 48.9 Å². The van der Waals surface area contributed by atoms with E-state index in [0.29, 0.717) is 12.8 Å². The van der Waals surface area contributed by atoms with E-state index >= 15 is 0 Å². The van der Waals surface area contributed by atoms with E-state index in [9.17, 15) is 9.59 Å². The highest BCUT2D eigenvalue weighted by atomic mass is 16.6. The molecule has 1 heterocycles. The number of amides is 2. The summed E-state index contributed by atoms with van der Waals surface area (Å²) in [6, 6.07) is 9.73. The molecular weight excluding hydrogens is 290 g/mol. The summed E-state index contributed by atoms with van der Waals surface area (Å²) in [6.07, 6.45) is 3.91. The van der Waals surface area contributed by atoms with Crippen LogP contribution in [0.1, 0.15) is 32.3 Å². The Morgan fingerprint density at radius 3 is 2.74 bits per heavy atom. The Morgan fingerprint density at radius 1 is 1.30 bits per heavy atom. The molecule has 2 aliphatic rings. The highest BCUT2D eigenvalue weighted by Crippen LogP contribution is 2.32. The lowest BCUT2D eigenvalue weighted by Crippen LogP contribution is -2.45. The number of allylic oxidation sites excluding steroid dienone is 2. The Kier molecular flexibility index (Phi) is 4.51. The fourth-order valence-corrected chi connectivity index (χ4v) is 3.58. The van der Waals surface area contributed by atoms with E-state index in [-0.39, 0.29) is 30.4 Å². The Balaban J connectivity index is 1.76. The van der Waals surface area contributed by atoms with Gasteiger partial charge >= 0.3 is 6.09 Å². The molecule has 122 valence electrons. The van der Waals surface area contributed by atoms with E-state index in [1.165, 1.54) is 10.5 Å². The van der Waals surface area contributed by atoms with Crippen molar-refractivity contribution < 1.29 is 14.3 Å². The van der Waals surface area contributed by atoms with Gasteiger partial charge in [0, 0.05) is 5.92 Å². The van der Waals surface area contributed by atoms with Crippen LogP contribution in [0.25, 0.3) is 0 Å². The third-order valence-electron chi connectivity index (χ3n) is 4.88. The van der Waals surface area contributed by atoms with Gasteiger partial charge < -0.3 is 4.74 Å². The molecule has 1 aliphatic carbocycles. The van der Waals surface area contributed by atoms with Gasteiger partial charge in [0.15, 0.2) is 0 Å². The van der Waals surface area contributed by atoms with Gasteiger partial charge in [-0.05, 0) is 37.7 Å². The molecular formula is C19H23NO3. The normalized spacial score (nSPS) is 27.6.